The SMILES string of the molecule is COC1(c2nnc(/C=C/c3cnn(C)c3C)o2)CCOC1. The highest BCUT2D eigenvalue weighted by Crippen LogP contribution is 2.33. The van der Waals surface area contributed by atoms with Gasteiger partial charge in [-0.25, -0.2) is 0 Å². The standard InChI is InChI=1S/C14H18N4O3/c1-10-11(8-15-18(10)2)4-5-12-16-17-13(21-12)14(19-3)6-7-20-9-14/h4-5,8H,6-7,9H2,1-3H3/b5-4+. The zero-order valence-electron chi connectivity index (χ0n) is 12.4. The Hall–Kier alpha value is -1.99. The summed E-state index contributed by atoms with van der Waals surface area (Å²) in [6, 6.07) is 0. The second-order valence-electron chi connectivity index (χ2n) is 5.09. The first-order chi connectivity index (χ1) is 10.1. The van der Waals surface area contributed by atoms with Gasteiger partial charge in [-0.2, -0.15) is 5.10 Å². The van der Waals surface area contributed by atoms with Crippen LogP contribution in [0.25, 0.3) is 12.2 Å². The minimum Gasteiger partial charge on any atom is -0.418 e. The van der Waals surface area contributed by atoms with Crippen molar-refractivity contribution in [1.82, 2.24) is 20.0 Å². The largest absolute Gasteiger partial charge is 0.418 e. The number of aryl methyl sites for hydroxylation is 1. The molecular weight excluding hydrogens is 272 g/mol. The summed E-state index contributed by atoms with van der Waals surface area (Å²) in [4.78, 5) is 0. The Bertz CT molecular complexity index is 653. The molecule has 0 aromatic carbocycles. The summed E-state index contributed by atoms with van der Waals surface area (Å²) in [5.74, 6) is 0.904. The van der Waals surface area contributed by atoms with Gasteiger partial charge in [0.1, 0.15) is 0 Å². The van der Waals surface area contributed by atoms with Crippen molar-refractivity contribution in [2.75, 3.05) is 20.3 Å². The molecule has 7 heteroatoms. The van der Waals surface area contributed by atoms with Crippen LogP contribution in [0.4, 0.5) is 0 Å². The molecule has 0 spiro atoms. The second kappa shape index (κ2) is 5.42. The van der Waals surface area contributed by atoms with Crippen molar-refractivity contribution < 1.29 is 13.9 Å². The molecule has 0 radical (unpaired) electrons. The Morgan fingerprint density at radius 3 is 2.86 bits per heavy atom. The number of nitrogens with zero attached hydrogens (tertiary/aromatic N) is 4. The van der Waals surface area contributed by atoms with Crippen molar-refractivity contribution >= 4 is 12.2 Å². The molecule has 0 aliphatic carbocycles. The molecule has 7 nitrogen and oxygen atoms in total. The summed E-state index contributed by atoms with van der Waals surface area (Å²) in [5, 5.41) is 12.3. The lowest BCUT2D eigenvalue weighted by Crippen LogP contribution is -2.29. The van der Waals surface area contributed by atoms with Gasteiger partial charge in [-0.15, -0.1) is 10.2 Å². The summed E-state index contributed by atoms with van der Waals surface area (Å²) < 4.78 is 18.4. The smallest absolute Gasteiger partial charge is 0.251 e. The molecule has 1 fully saturated rings. The number of ether oxygens (including phenoxy) is 2. The van der Waals surface area contributed by atoms with E-state index in [1.165, 1.54) is 0 Å². The fraction of sp³-hybridized carbons (Fsp3) is 0.500. The van der Waals surface area contributed by atoms with E-state index in [0.29, 0.717) is 25.0 Å². The molecule has 1 aliphatic heterocycles. The van der Waals surface area contributed by atoms with Gasteiger partial charge in [-0.1, -0.05) is 0 Å². The summed E-state index contributed by atoms with van der Waals surface area (Å²) >= 11 is 0. The van der Waals surface area contributed by atoms with E-state index in [0.717, 1.165) is 17.7 Å². The molecule has 3 rings (SSSR count). The summed E-state index contributed by atoms with van der Waals surface area (Å²) in [7, 11) is 3.54. The monoisotopic (exact) mass is 290 g/mol. The third kappa shape index (κ3) is 2.50. The summed E-state index contributed by atoms with van der Waals surface area (Å²) in [6.45, 7) is 3.08. The first-order valence-electron chi connectivity index (χ1n) is 6.78. The predicted octanol–water partition coefficient (Wildman–Crippen LogP) is 1.54. The molecule has 2 aromatic heterocycles. The molecule has 1 atom stereocenters. The van der Waals surface area contributed by atoms with Crippen LogP contribution in [0.1, 0.15) is 29.5 Å². The normalized spacial score (nSPS) is 22.4. The van der Waals surface area contributed by atoms with Crippen LogP contribution < -0.4 is 0 Å². The van der Waals surface area contributed by atoms with Gasteiger partial charge in [-0.05, 0) is 13.0 Å². The van der Waals surface area contributed by atoms with E-state index >= 15 is 0 Å². The maximum absolute atomic E-state index is 5.69. The van der Waals surface area contributed by atoms with Crippen molar-refractivity contribution in [3.8, 4) is 0 Å². The van der Waals surface area contributed by atoms with Crippen LogP contribution in [-0.2, 0) is 22.1 Å². The van der Waals surface area contributed by atoms with E-state index in [4.69, 9.17) is 13.9 Å². The van der Waals surface area contributed by atoms with Crippen molar-refractivity contribution in [1.29, 1.82) is 0 Å². The third-order valence-electron chi connectivity index (χ3n) is 3.89. The lowest BCUT2D eigenvalue weighted by Gasteiger charge is -2.20. The lowest BCUT2D eigenvalue weighted by molar-refractivity contribution is -0.0412. The van der Waals surface area contributed by atoms with Crippen molar-refractivity contribution in [2.24, 2.45) is 7.05 Å². The third-order valence-corrected chi connectivity index (χ3v) is 3.89. The average molecular weight is 290 g/mol. The van der Waals surface area contributed by atoms with Gasteiger partial charge in [0.15, 0.2) is 5.60 Å². The number of hydrogen-bond acceptors (Lipinski definition) is 6. The topological polar surface area (TPSA) is 75.2 Å². The number of rotatable bonds is 4. The quantitative estimate of drug-likeness (QED) is 0.850. The number of methoxy groups -OCH3 is 1. The van der Waals surface area contributed by atoms with E-state index in [2.05, 4.69) is 15.3 Å². The van der Waals surface area contributed by atoms with Gasteiger partial charge in [-0.3, -0.25) is 4.68 Å². The molecule has 1 aliphatic rings. The van der Waals surface area contributed by atoms with Crippen LogP contribution in [0, 0.1) is 6.92 Å². The van der Waals surface area contributed by atoms with Crippen molar-refractivity contribution in [2.45, 2.75) is 18.9 Å². The van der Waals surface area contributed by atoms with Crippen LogP contribution in [-0.4, -0.2) is 40.3 Å². The number of aromatic nitrogens is 4. The summed E-state index contributed by atoms with van der Waals surface area (Å²) in [6.07, 6.45) is 6.20. The first kappa shape index (κ1) is 14.0. The fourth-order valence-electron chi connectivity index (χ4n) is 2.29. The molecule has 21 heavy (non-hydrogen) atoms. The van der Waals surface area contributed by atoms with E-state index in [-0.39, 0.29) is 0 Å². The van der Waals surface area contributed by atoms with Crippen molar-refractivity contribution in [3.05, 3.63) is 29.2 Å². The Balaban J connectivity index is 1.80. The number of hydrogen-bond donors (Lipinski definition) is 0. The molecule has 2 aromatic rings. The fourth-order valence-corrected chi connectivity index (χ4v) is 2.29. The average Bonchev–Trinajstić information content (AvgIpc) is 3.20. The van der Waals surface area contributed by atoms with Crippen LogP contribution in [0.5, 0.6) is 0 Å². The summed E-state index contributed by atoms with van der Waals surface area (Å²) in [5.41, 5.74) is 1.48. The molecule has 3 heterocycles. The zero-order valence-corrected chi connectivity index (χ0v) is 12.4. The van der Waals surface area contributed by atoms with E-state index < -0.39 is 5.60 Å². The molecule has 0 saturated carbocycles. The molecule has 0 N–H and O–H groups in total. The highest BCUT2D eigenvalue weighted by atomic mass is 16.6. The molecule has 1 saturated heterocycles. The van der Waals surface area contributed by atoms with Gasteiger partial charge >= 0.3 is 0 Å². The van der Waals surface area contributed by atoms with Crippen molar-refractivity contribution in [3.63, 3.8) is 0 Å². The Morgan fingerprint density at radius 2 is 2.24 bits per heavy atom. The molecule has 0 amide bonds. The van der Waals surface area contributed by atoms with Gasteiger partial charge in [0.05, 0.1) is 19.4 Å². The molecular formula is C14H18N4O3. The molecule has 0 bridgehead atoms. The highest BCUT2D eigenvalue weighted by molar-refractivity contribution is 5.66. The predicted molar refractivity (Wildman–Crippen MR) is 75.3 cm³/mol. The van der Waals surface area contributed by atoms with Gasteiger partial charge in [0, 0.05) is 37.9 Å². The zero-order chi connectivity index (χ0) is 14.9. The molecule has 112 valence electrons. The van der Waals surface area contributed by atoms with E-state index in [1.807, 2.05) is 24.7 Å². The second-order valence-corrected chi connectivity index (χ2v) is 5.09. The maximum atomic E-state index is 5.69. The minimum absolute atomic E-state index is 0.441. The van der Waals surface area contributed by atoms with Gasteiger partial charge in [0.2, 0.25) is 5.89 Å². The van der Waals surface area contributed by atoms with Crippen LogP contribution in [0.15, 0.2) is 10.6 Å². The Morgan fingerprint density at radius 1 is 1.38 bits per heavy atom. The Kier molecular flexibility index (Phi) is 3.60. The van der Waals surface area contributed by atoms with Gasteiger partial charge < -0.3 is 13.9 Å². The van der Waals surface area contributed by atoms with Crippen LogP contribution in [0.2, 0.25) is 0 Å². The maximum Gasteiger partial charge on any atom is 0.251 e. The first-order valence-corrected chi connectivity index (χ1v) is 6.78. The highest BCUT2D eigenvalue weighted by Gasteiger charge is 2.42. The van der Waals surface area contributed by atoms with Gasteiger partial charge in [0.25, 0.3) is 5.89 Å². The minimum atomic E-state index is -0.608. The van der Waals surface area contributed by atoms with Crippen LogP contribution in [0.3, 0.4) is 0 Å². The van der Waals surface area contributed by atoms with Crippen LogP contribution >= 0.6 is 0 Å². The molecule has 1 unspecified atom stereocenters. The van der Waals surface area contributed by atoms with E-state index in [9.17, 15) is 0 Å². The van der Waals surface area contributed by atoms with E-state index in [1.54, 1.807) is 19.4 Å². The lowest BCUT2D eigenvalue weighted by atomic mass is 10.0. The Labute approximate surface area is 122 Å².